The quantitative estimate of drug-likeness (QED) is 0.498. The van der Waals surface area contributed by atoms with Crippen LogP contribution in [0.15, 0.2) is 17.1 Å². The zero-order chi connectivity index (χ0) is 12.3. The van der Waals surface area contributed by atoms with Crippen LogP contribution in [0.4, 0.5) is 5.69 Å². The van der Waals surface area contributed by atoms with Crippen LogP contribution in [-0.2, 0) is 0 Å². The summed E-state index contributed by atoms with van der Waals surface area (Å²) in [6, 6.07) is 2.91. The van der Waals surface area contributed by atoms with E-state index in [9.17, 15) is 4.79 Å². The van der Waals surface area contributed by atoms with Crippen LogP contribution in [0.2, 0.25) is 5.02 Å². The van der Waals surface area contributed by atoms with E-state index >= 15 is 0 Å². The highest BCUT2D eigenvalue weighted by Gasteiger charge is 2.12. The number of carbonyl (C=O) groups is 1. The molecule has 6 heteroatoms. The number of alkyl halides is 1. The second kappa shape index (κ2) is 5.18. The number of hydrogen-bond donors (Lipinski definition) is 2. The van der Waals surface area contributed by atoms with E-state index in [1.807, 2.05) is 0 Å². The minimum atomic E-state index is -1.08. The van der Waals surface area contributed by atoms with Gasteiger partial charge in [0.25, 0.3) is 0 Å². The number of rotatable bonds is 3. The van der Waals surface area contributed by atoms with E-state index in [0.29, 0.717) is 10.6 Å². The number of nitrogens with two attached hydrogens (primary N) is 1. The number of halogens is 2. The van der Waals surface area contributed by atoms with Gasteiger partial charge in [0.15, 0.2) is 0 Å². The van der Waals surface area contributed by atoms with Crippen molar-refractivity contribution in [3.63, 3.8) is 0 Å². The summed E-state index contributed by atoms with van der Waals surface area (Å²) < 4.78 is 0. The van der Waals surface area contributed by atoms with E-state index < -0.39 is 5.97 Å². The van der Waals surface area contributed by atoms with E-state index in [1.165, 1.54) is 12.1 Å². The highest BCUT2D eigenvalue weighted by molar-refractivity contribution is 6.32. The Morgan fingerprint density at radius 1 is 1.56 bits per heavy atom. The van der Waals surface area contributed by atoms with Gasteiger partial charge in [-0.1, -0.05) is 11.6 Å². The monoisotopic (exact) mass is 260 g/mol. The molecule has 0 unspecified atom stereocenters. The fourth-order valence-electron chi connectivity index (χ4n) is 1.12. The Balaban J connectivity index is 3.36. The summed E-state index contributed by atoms with van der Waals surface area (Å²) in [5.41, 5.74) is 6.37. The Bertz CT molecular complexity index is 458. The molecule has 0 fully saturated rings. The molecular formula is C10H10Cl2N2O2. The lowest BCUT2D eigenvalue weighted by Gasteiger charge is -2.05. The van der Waals surface area contributed by atoms with Gasteiger partial charge in [-0.25, -0.2) is 9.79 Å². The molecule has 1 aromatic rings. The molecule has 4 nitrogen and oxygen atoms in total. The number of aryl methyl sites for hydroxylation is 1. The maximum absolute atomic E-state index is 11.0. The minimum Gasteiger partial charge on any atom is -0.478 e. The third-order valence-electron chi connectivity index (χ3n) is 1.91. The van der Waals surface area contributed by atoms with Crippen LogP contribution in [0.3, 0.4) is 0 Å². The lowest BCUT2D eigenvalue weighted by Crippen LogP contribution is -2.12. The second-order valence-electron chi connectivity index (χ2n) is 3.16. The summed E-state index contributed by atoms with van der Waals surface area (Å²) in [4.78, 5) is 14.9. The van der Waals surface area contributed by atoms with Gasteiger partial charge >= 0.3 is 5.97 Å². The summed E-state index contributed by atoms with van der Waals surface area (Å²) in [7, 11) is 0. The van der Waals surface area contributed by atoms with E-state index in [-0.39, 0.29) is 23.0 Å². The molecule has 16 heavy (non-hydrogen) atoms. The first-order chi connectivity index (χ1) is 7.45. The molecule has 1 rings (SSSR count). The SMILES string of the molecule is Cc1cc(C(=O)O)c(N=C(N)CCl)cc1Cl. The van der Waals surface area contributed by atoms with Crippen molar-refractivity contribution >= 4 is 40.7 Å². The predicted molar refractivity (Wildman–Crippen MR) is 65.2 cm³/mol. The zero-order valence-electron chi connectivity index (χ0n) is 8.50. The van der Waals surface area contributed by atoms with Crippen LogP contribution in [0.25, 0.3) is 0 Å². The molecule has 0 aliphatic carbocycles. The molecule has 0 saturated carbocycles. The largest absolute Gasteiger partial charge is 0.478 e. The van der Waals surface area contributed by atoms with E-state index in [4.69, 9.17) is 34.0 Å². The maximum Gasteiger partial charge on any atom is 0.337 e. The summed E-state index contributed by atoms with van der Waals surface area (Å²) in [5, 5.41) is 9.42. The first kappa shape index (κ1) is 12.8. The predicted octanol–water partition coefficient (Wildman–Crippen LogP) is 2.57. The number of aliphatic imine (C=N–C) groups is 1. The topological polar surface area (TPSA) is 75.7 Å². The summed E-state index contributed by atoms with van der Waals surface area (Å²) in [5.74, 6) is -0.908. The number of carboxylic acids is 1. The average molecular weight is 261 g/mol. The summed E-state index contributed by atoms with van der Waals surface area (Å²) >= 11 is 11.3. The lowest BCUT2D eigenvalue weighted by atomic mass is 10.1. The van der Waals surface area contributed by atoms with Crippen LogP contribution in [-0.4, -0.2) is 22.8 Å². The second-order valence-corrected chi connectivity index (χ2v) is 3.83. The normalized spacial score (nSPS) is 11.6. The van der Waals surface area contributed by atoms with Gasteiger partial charge in [0.1, 0.15) is 5.84 Å². The minimum absolute atomic E-state index is 0.0323. The molecule has 0 heterocycles. The fourth-order valence-corrected chi connectivity index (χ4v) is 1.34. The highest BCUT2D eigenvalue weighted by Crippen LogP contribution is 2.27. The number of benzene rings is 1. The molecule has 0 saturated heterocycles. The molecule has 0 aliphatic heterocycles. The molecular weight excluding hydrogens is 251 g/mol. The van der Waals surface area contributed by atoms with Gasteiger partial charge < -0.3 is 10.8 Å². The van der Waals surface area contributed by atoms with Crippen molar-refractivity contribution in [1.82, 2.24) is 0 Å². The van der Waals surface area contributed by atoms with Crippen molar-refractivity contribution in [3.8, 4) is 0 Å². The Morgan fingerprint density at radius 3 is 2.69 bits per heavy atom. The highest BCUT2D eigenvalue weighted by atomic mass is 35.5. The molecule has 1 aromatic carbocycles. The van der Waals surface area contributed by atoms with Gasteiger partial charge in [-0.05, 0) is 24.6 Å². The number of carboxylic acid groups (broad SMARTS) is 1. The first-order valence-electron chi connectivity index (χ1n) is 4.38. The number of hydrogen-bond acceptors (Lipinski definition) is 2. The van der Waals surface area contributed by atoms with Crippen molar-refractivity contribution in [2.45, 2.75) is 6.92 Å². The number of amidine groups is 1. The Hall–Kier alpha value is -1.26. The molecule has 3 N–H and O–H groups in total. The molecule has 0 amide bonds. The van der Waals surface area contributed by atoms with Crippen molar-refractivity contribution in [1.29, 1.82) is 0 Å². The van der Waals surface area contributed by atoms with Gasteiger partial charge in [0.05, 0.1) is 17.1 Å². The Kier molecular flexibility index (Phi) is 4.15. The van der Waals surface area contributed by atoms with Crippen molar-refractivity contribution in [2.75, 3.05) is 5.88 Å². The summed E-state index contributed by atoms with van der Waals surface area (Å²) in [6.45, 7) is 1.72. The fraction of sp³-hybridized carbons (Fsp3) is 0.200. The Labute approximate surface area is 103 Å². The van der Waals surface area contributed by atoms with Crippen LogP contribution in [0, 0.1) is 6.92 Å². The van der Waals surface area contributed by atoms with Crippen LogP contribution < -0.4 is 5.73 Å². The summed E-state index contributed by atoms with van der Waals surface area (Å²) in [6.07, 6.45) is 0. The number of nitrogens with zero attached hydrogens (tertiary/aromatic N) is 1. The van der Waals surface area contributed by atoms with Gasteiger partial charge in [-0.3, -0.25) is 0 Å². The van der Waals surface area contributed by atoms with Gasteiger partial charge in [-0.15, -0.1) is 11.6 Å². The molecule has 0 spiro atoms. The van der Waals surface area contributed by atoms with Crippen molar-refractivity contribution < 1.29 is 9.90 Å². The van der Waals surface area contributed by atoms with E-state index in [2.05, 4.69) is 4.99 Å². The first-order valence-corrected chi connectivity index (χ1v) is 5.29. The average Bonchev–Trinajstić information content (AvgIpc) is 2.22. The molecule has 0 aliphatic rings. The molecule has 86 valence electrons. The van der Waals surface area contributed by atoms with Gasteiger partial charge in [0, 0.05) is 5.02 Å². The zero-order valence-corrected chi connectivity index (χ0v) is 10.0. The van der Waals surface area contributed by atoms with E-state index in [1.54, 1.807) is 6.92 Å². The van der Waals surface area contributed by atoms with Crippen molar-refractivity contribution in [3.05, 3.63) is 28.3 Å². The van der Waals surface area contributed by atoms with E-state index in [0.717, 1.165) is 0 Å². The van der Waals surface area contributed by atoms with Crippen LogP contribution in [0.5, 0.6) is 0 Å². The van der Waals surface area contributed by atoms with Gasteiger partial charge in [0.2, 0.25) is 0 Å². The van der Waals surface area contributed by atoms with Crippen molar-refractivity contribution in [2.24, 2.45) is 10.7 Å². The molecule has 0 bridgehead atoms. The lowest BCUT2D eigenvalue weighted by molar-refractivity contribution is 0.0698. The number of aromatic carboxylic acids is 1. The van der Waals surface area contributed by atoms with Crippen LogP contribution in [0.1, 0.15) is 15.9 Å². The third kappa shape index (κ3) is 2.87. The van der Waals surface area contributed by atoms with Crippen LogP contribution >= 0.6 is 23.2 Å². The smallest absolute Gasteiger partial charge is 0.337 e. The van der Waals surface area contributed by atoms with Gasteiger partial charge in [-0.2, -0.15) is 0 Å². The molecule has 0 aromatic heterocycles. The maximum atomic E-state index is 11.0. The molecule has 0 radical (unpaired) electrons. The standard InChI is InChI=1S/C10H10Cl2N2O2/c1-5-2-6(10(15)16)8(3-7(5)12)14-9(13)4-11/h2-3H,4H2,1H3,(H2,13,14)(H,15,16). The molecule has 0 atom stereocenters. The third-order valence-corrected chi connectivity index (χ3v) is 2.59. The Morgan fingerprint density at radius 2 is 2.19 bits per heavy atom.